The first-order valence-electron chi connectivity index (χ1n) is 11.3. The number of esters is 1. The first-order valence-corrected chi connectivity index (χ1v) is 11.3. The van der Waals surface area contributed by atoms with Gasteiger partial charge in [0.2, 0.25) is 0 Å². The maximum absolute atomic E-state index is 11.4. The van der Waals surface area contributed by atoms with Gasteiger partial charge in [-0.1, -0.05) is 24.3 Å². The number of para-hydroxylation sites is 2. The second kappa shape index (κ2) is 13.1. The number of hydrogen-bond acceptors (Lipinski definition) is 9. The number of carbonyl (C=O) groups excluding carboxylic acids is 1. The van der Waals surface area contributed by atoms with E-state index in [1.807, 2.05) is 0 Å². The van der Waals surface area contributed by atoms with Gasteiger partial charge < -0.3 is 38.6 Å². The lowest BCUT2D eigenvalue weighted by atomic mass is 10.0. The van der Waals surface area contributed by atoms with Crippen LogP contribution in [0.25, 0.3) is 6.08 Å². The Balaban J connectivity index is 2.02. The minimum absolute atomic E-state index is 0.0458. The summed E-state index contributed by atoms with van der Waals surface area (Å²) in [4.78, 5) is 11.4. The lowest BCUT2D eigenvalue weighted by Gasteiger charge is -2.29. The van der Waals surface area contributed by atoms with Crippen LogP contribution < -0.4 is 23.7 Å². The Hall–Kier alpha value is -4.37. The molecule has 3 aromatic rings. The summed E-state index contributed by atoms with van der Waals surface area (Å²) < 4.78 is 33.3. The lowest BCUT2D eigenvalue weighted by Crippen LogP contribution is -2.33. The number of carbonyl (C=O) groups is 1. The third-order valence-electron chi connectivity index (χ3n) is 5.45. The number of aromatic hydroxyl groups is 1. The molecule has 0 saturated heterocycles. The van der Waals surface area contributed by atoms with E-state index in [4.69, 9.17) is 23.7 Å². The number of phenols is 1. The van der Waals surface area contributed by atoms with E-state index >= 15 is 0 Å². The fraction of sp³-hybridized carbons (Fsp3) is 0.250. The number of aliphatic hydroxyl groups is 1. The second-order valence-corrected chi connectivity index (χ2v) is 7.73. The molecule has 0 radical (unpaired) electrons. The number of benzene rings is 3. The van der Waals surface area contributed by atoms with E-state index < -0.39 is 24.8 Å². The Morgan fingerprint density at radius 3 is 2.14 bits per heavy atom. The van der Waals surface area contributed by atoms with Crippen molar-refractivity contribution in [3.63, 3.8) is 0 Å². The Kier molecular flexibility index (Phi) is 9.62. The van der Waals surface area contributed by atoms with Gasteiger partial charge in [0.05, 0.1) is 35.0 Å². The number of phenolic OH excluding ortho intramolecular Hbond substituents is 1. The van der Waals surface area contributed by atoms with Gasteiger partial charge in [-0.2, -0.15) is 0 Å². The van der Waals surface area contributed by atoms with Gasteiger partial charge >= 0.3 is 5.97 Å². The van der Waals surface area contributed by atoms with Gasteiger partial charge in [-0.3, -0.25) is 0 Å². The van der Waals surface area contributed by atoms with Crippen LogP contribution in [0.5, 0.6) is 34.5 Å². The molecule has 37 heavy (non-hydrogen) atoms. The molecule has 0 aliphatic carbocycles. The number of ether oxygens (including phenoxy) is 6. The lowest BCUT2D eigenvalue weighted by molar-refractivity contribution is -0.134. The minimum Gasteiger partial charge on any atom is -0.504 e. The molecule has 2 N–H and O–H groups in total. The molecule has 9 nitrogen and oxygen atoms in total. The fourth-order valence-electron chi connectivity index (χ4n) is 3.56. The summed E-state index contributed by atoms with van der Waals surface area (Å²) >= 11 is 0. The van der Waals surface area contributed by atoms with Gasteiger partial charge in [0.25, 0.3) is 0 Å². The summed E-state index contributed by atoms with van der Waals surface area (Å²) in [6.45, 7) is -0.409. The molecule has 3 aromatic carbocycles. The monoisotopic (exact) mass is 510 g/mol. The Labute approximate surface area is 215 Å². The SMILES string of the molecule is COC(=O)/C=C/c1ccc(O[C@@H](c2ccc(O)c(OC)c2)[C@H](CO)Oc2ccccc2OC)c(OC)c1. The Morgan fingerprint density at radius 2 is 1.49 bits per heavy atom. The maximum atomic E-state index is 11.4. The molecule has 0 aliphatic rings. The molecule has 0 unspecified atom stereocenters. The van der Waals surface area contributed by atoms with Crippen LogP contribution in [0.15, 0.2) is 66.7 Å². The van der Waals surface area contributed by atoms with Crippen LogP contribution >= 0.6 is 0 Å². The van der Waals surface area contributed by atoms with Crippen LogP contribution in [0.3, 0.4) is 0 Å². The molecular weight excluding hydrogens is 480 g/mol. The average molecular weight is 511 g/mol. The zero-order chi connectivity index (χ0) is 26.8. The standard InChI is InChI=1S/C28H30O9/c1-32-21-7-5-6-8-22(21)36-26(17-29)28(19-11-12-20(30)24(16-19)33-2)37-23-13-9-18(15-25(23)34-3)10-14-27(31)35-4/h5-16,26,28-30H,17H2,1-4H3/b14-10+/t26-,28-/m0/s1. The smallest absolute Gasteiger partial charge is 0.330 e. The highest BCUT2D eigenvalue weighted by Gasteiger charge is 2.29. The van der Waals surface area contributed by atoms with Crippen molar-refractivity contribution in [2.24, 2.45) is 0 Å². The van der Waals surface area contributed by atoms with E-state index in [0.717, 1.165) is 0 Å². The minimum atomic E-state index is -0.894. The molecule has 0 saturated carbocycles. The largest absolute Gasteiger partial charge is 0.504 e. The van der Waals surface area contributed by atoms with Crippen LogP contribution in [0.4, 0.5) is 0 Å². The molecule has 0 aromatic heterocycles. The molecule has 3 rings (SSSR count). The maximum Gasteiger partial charge on any atom is 0.330 e. The van der Waals surface area contributed by atoms with Crippen LogP contribution in [-0.4, -0.2) is 57.3 Å². The quantitative estimate of drug-likeness (QED) is 0.274. The van der Waals surface area contributed by atoms with E-state index in [-0.39, 0.29) is 11.5 Å². The third-order valence-corrected chi connectivity index (χ3v) is 5.45. The highest BCUT2D eigenvalue weighted by atomic mass is 16.6. The fourth-order valence-corrected chi connectivity index (χ4v) is 3.56. The number of aliphatic hydroxyl groups excluding tert-OH is 1. The molecule has 0 fully saturated rings. The molecule has 0 amide bonds. The third kappa shape index (κ3) is 6.86. The molecule has 0 bridgehead atoms. The Morgan fingerprint density at radius 1 is 0.811 bits per heavy atom. The average Bonchev–Trinajstić information content (AvgIpc) is 2.94. The predicted octanol–water partition coefficient (Wildman–Crippen LogP) is 4.16. The highest BCUT2D eigenvalue weighted by molar-refractivity contribution is 5.87. The van der Waals surface area contributed by atoms with E-state index in [9.17, 15) is 15.0 Å². The topological polar surface area (TPSA) is 113 Å². The van der Waals surface area contributed by atoms with Gasteiger partial charge in [-0.25, -0.2) is 4.79 Å². The van der Waals surface area contributed by atoms with Crippen LogP contribution in [0.1, 0.15) is 17.2 Å². The van der Waals surface area contributed by atoms with E-state index in [0.29, 0.717) is 34.1 Å². The van der Waals surface area contributed by atoms with Crippen molar-refractivity contribution < 1.29 is 43.4 Å². The molecule has 0 aliphatic heterocycles. The predicted molar refractivity (Wildman–Crippen MR) is 137 cm³/mol. The van der Waals surface area contributed by atoms with E-state index in [1.165, 1.54) is 40.6 Å². The molecule has 196 valence electrons. The zero-order valence-electron chi connectivity index (χ0n) is 21.0. The van der Waals surface area contributed by atoms with Crippen LogP contribution in [0, 0.1) is 0 Å². The van der Waals surface area contributed by atoms with E-state index in [2.05, 4.69) is 4.74 Å². The van der Waals surface area contributed by atoms with E-state index in [1.54, 1.807) is 60.7 Å². The van der Waals surface area contributed by atoms with Gasteiger partial charge in [-0.05, 0) is 48.0 Å². The highest BCUT2D eigenvalue weighted by Crippen LogP contribution is 2.38. The Bertz CT molecular complexity index is 1220. The summed E-state index contributed by atoms with van der Waals surface area (Å²) in [6.07, 6.45) is 1.12. The molecule has 0 spiro atoms. The van der Waals surface area contributed by atoms with Crippen LogP contribution in [-0.2, 0) is 9.53 Å². The molecule has 2 atom stereocenters. The first kappa shape index (κ1) is 27.2. The summed E-state index contributed by atoms with van der Waals surface area (Å²) in [5.74, 6) is 1.35. The van der Waals surface area contributed by atoms with Gasteiger partial charge in [0, 0.05) is 11.6 Å². The van der Waals surface area contributed by atoms with Crippen molar-refractivity contribution in [2.75, 3.05) is 35.0 Å². The summed E-state index contributed by atoms with van der Waals surface area (Å²) in [6, 6.07) is 16.9. The first-order chi connectivity index (χ1) is 17.9. The van der Waals surface area contributed by atoms with Crippen molar-refractivity contribution in [1.82, 2.24) is 0 Å². The van der Waals surface area contributed by atoms with Crippen molar-refractivity contribution >= 4 is 12.0 Å². The normalized spacial score (nSPS) is 12.5. The van der Waals surface area contributed by atoms with Gasteiger partial charge in [-0.15, -0.1) is 0 Å². The summed E-state index contributed by atoms with van der Waals surface area (Å²) in [5.41, 5.74) is 1.25. The molecule has 9 heteroatoms. The van der Waals surface area contributed by atoms with Gasteiger partial charge in [0.1, 0.15) is 0 Å². The zero-order valence-corrected chi connectivity index (χ0v) is 21.0. The number of methoxy groups -OCH3 is 4. The summed E-state index contributed by atoms with van der Waals surface area (Å²) in [5, 5.41) is 20.5. The summed E-state index contributed by atoms with van der Waals surface area (Å²) in [7, 11) is 5.75. The number of hydrogen-bond donors (Lipinski definition) is 2. The van der Waals surface area contributed by atoms with Crippen molar-refractivity contribution in [1.29, 1.82) is 0 Å². The van der Waals surface area contributed by atoms with Crippen molar-refractivity contribution in [2.45, 2.75) is 12.2 Å². The van der Waals surface area contributed by atoms with Crippen molar-refractivity contribution in [3.05, 3.63) is 77.9 Å². The molecule has 0 heterocycles. The second-order valence-electron chi connectivity index (χ2n) is 7.73. The van der Waals surface area contributed by atoms with Crippen molar-refractivity contribution in [3.8, 4) is 34.5 Å². The van der Waals surface area contributed by atoms with Crippen LogP contribution in [0.2, 0.25) is 0 Å². The number of rotatable bonds is 12. The van der Waals surface area contributed by atoms with Gasteiger partial charge in [0.15, 0.2) is 46.7 Å². The molecular formula is C28H30O9.